The Balaban J connectivity index is 1.10. The van der Waals surface area contributed by atoms with Gasteiger partial charge in [-0.1, -0.05) is 17.8 Å². The van der Waals surface area contributed by atoms with E-state index in [9.17, 15) is 9.59 Å². The first kappa shape index (κ1) is 20.7. The van der Waals surface area contributed by atoms with Crippen LogP contribution in [0, 0.1) is 17.8 Å². The van der Waals surface area contributed by atoms with Crippen molar-refractivity contribution in [3.63, 3.8) is 0 Å². The Morgan fingerprint density at radius 2 is 1.84 bits per heavy atom. The number of carbonyl (C=O) groups excluding carboxylic acids is 2. The van der Waals surface area contributed by atoms with Gasteiger partial charge in [-0.05, 0) is 87.5 Å². The fraction of sp³-hybridized carbons (Fsp3) is 0.652. The van der Waals surface area contributed by atoms with E-state index in [1.165, 1.54) is 31.0 Å². The Morgan fingerprint density at radius 3 is 2.44 bits per heavy atom. The number of rotatable bonds is 6. The van der Waals surface area contributed by atoms with Crippen LogP contribution in [0.3, 0.4) is 0 Å². The average molecular weight is 472 g/mol. The zero-order valence-electron chi connectivity index (χ0n) is 18.3. The van der Waals surface area contributed by atoms with Crippen LogP contribution in [0.25, 0.3) is 10.7 Å². The molecule has 2 heterocycles. The van der Waals surface area contributed by atoms with E-state index in [0.717, 1.165) is 65.7 Å². The summed E-state index contributed by atoms with van der Waals surface area (Å²) in [5, 5.41) is 17.0. The molecule has 0 saturated heterocycles. The van der Waals surface area contributed by atoms with Crippen molar-refractivity contribution in [2.75, 3.05) is 0 Å². The number of thiophene rings is 1. The number of hydrogen-bond donors (Lipinski definition) is 2. The maximum atomic E-state index is 12.8. The quantitative estimate of drug-likeness (QED) is 0.600. The second-order valence-electron chi connectivity index (χ2n) is 10.3. The minimum absolute atomic E-state index is 0.0999. The summed E-state index contributed by atoms with van der Waals surface area (Å²) >= 11 is 3.02. The van der Waals surface area contributed by atoms with Gasteiger partial charge in [0.05, 0.1) is 10.1 Å². The summed E-state index contributed by atoms with van der Waals surface area (Å²) in [6.45, 7) is 1.83. The molecule has 0 spiro atoms. The number of imide groups is 1. The van der Waals surface area contributed by atoms with Crippen LogP contribution in [0.5, 0.6) is 0 Å². The van der Waals surface area contributed by atoms with Gasteiger partial charge in [0, 0.05) is 11.6 Å². The van der Waals surface area contributed by atoms with Crippen molar-refractivity contribution in [3.05, 3.63) is 17.5 Å². The van der Waals surface area contributed by atoms with Crippen molar-refractivity contribution in [1.29, 1.82) is 0 Å². The summed E-state index contributed by atoms with van der Waals surface area (Å²) in [4.78, 5) is 26.7. The second kappa shape index (κ2) is 7.87. The molecule has 1 unspecified atom stereocenters. The number of nitrogens with one attached hydrogen (secondary N) is 2. The predicted molar refractivity (Wildman–Crippen MR) is 125 cm³/mol. The van der Waals surface area contributed by atoms with Gasteiger partial charge in [-0.2, -0.15) is 0 Å². The van der Waals surface area contributed by atoms with Crippen LogP contribution in [0.2, 0.25) is 0 Å². The van der Waals surface area contributed by atoms with Crippen LogP contribution < -0.4 is 10.6 Å². The zero-order valence-corrected chi connectivity index (χ0v) is 19.9. The lowest BCUT2D eigenvalue weighted by molar-refractivity contribution is -0.119. The molecule has 5 fully saturated rings. The van der Waals surface area contributed by atoms with E-state index in [1.807, 2.05) is 24.4 Å². The second-order valence-corrected chi connectivity index (χ2v) is 12.5. The van der Waals surface area contributed by atoms with Crippen LogP contribution in [0.15, 0.2) is 22.7 Å². The lowest BCUT2D eigenvalue weighted by Gasteiger charge is -2.56. The highest BCUT2D eigenvalue weighted by Crippen LogP contribution is 2.55. The number of thioether (sulfide) groups is 1. The van der Waals surface area contributed by atoms with Crippen LogP contribution in [0.4, 0.5) is 4.79 Å². The van der Waals surface area contributed by atoms with Crippen LogP contribution in [0.1, 0.15) is 64.3 Å². The number of aromatic nitrogens is 3. The molecule has 0 aromatic carbocycles. The molecule has 5 aliphatic rings. The predicted octanol–water partition coefficient (Wildman–Crippen LogP) is 4.62. The first-order chi connectivity index (χ1) is 15.5. The molecule has 0 aliphatic heterocycles. The third kappa shape index (κ3) is 3.87. The highest BCUT2D eigenvalue weighted by molar-refractivity contribution is 8.00. The number of amides is 3. The number of nitrogens with zero attached hydrogens (tertiary/aromatic N) is 3. The van der Waals surface area contributed by atoms with E-state index < -0.39 is 5.25 Å². The summed E-state index contributed by atoms with van der Waals surface area (Å²) in [7, 11) is 0. The van der Waals surface area contributed by atoms with Crippen molar-refractivity contribution >= 4 is 35.0 Å². The smallest absolute Gasteiger partial charge is 0.321 e. The van der Waals surface area contributed by atoms with E-state index in [2.05, 4.69) is 25.4 Å². The molecular formula is C23H29N5O2S2. The molecule has 2 aromatic heterocycles. The van der Waals surface area contributed by atoms with Crippen molar-refractivity contribution in [2.24, 2.45) is 17.8 Å². The molecule has 0 radical (unpaired) electrons. The molecular weight excluding hydrogens is 442 g/mol. The molecule has 7 rings (SSSR count). The van der Waals surface area contributed by atoms with E-state index in [0.29, 0.717) is 6.04 Å². The molecule has 1 atom stereocenters. The topological polar surface area (TPSA) is 88.9 Å². The molecule has 2 aromatic rings. The van der Waals surface area contributed by atoms with Gasteiger partial charge in [0.15, 0.2) is 11.0 Å². The van der Waals surface area contributed by atoms with Crippen molar-refractivity contribution in [3.8, 4) is 10.7 Å². The Labute approximate surface area is 196 Å². The third-order valence-corrected chi connectivity index (χ3v) is 9.55. The fourth-order valence-electron chi connectivity index (χ4n) is 6.55. The summed E-state index contributed by atoms with van der Waals surface area (Å²) < 4.78 is 2.16. The molecule has 2 N–H and O–H groups in total. The average Bonchev–Trinajstić information content (AvgIpc) is 3.24. The summed E-state index contributed by atoms with van der Waals surface area (Å²) in [6, 6.07) is 4.12. The summed E-state index contributed by atoms with van der Waals surface area (Å²) in [6.07, 6.45) is 9.40. The van der Waals surface area contributed by atoms with Crippen LogP contribution >= 0.6 is 23.1 Å². The van der Waals surface area contributed by atoms with Crippen LogP contribution in [-0.2, 0) is 4.79 Å². The van der Waals surface area contributed by atoms with Gasteiger partial charge in [-0.3, -0.25) is 14.7 Å². The van der Waals surface area contributed by atoms with Gasteiger partial charge in [0.25, 0.3) is 0 Å². The van der Waals surface area contributed by atoms with Gasteiger partial charge >= 0.3 is 6.03 Å². The monoisotopic (exact) mass is 471 g/mol. The molecule has 170 valence electrons. The number of hydrogen-bond acceptors (Lipinski definition) is 6. The van der Waals surface area contributed by atoms with E-state index in [4.69, 9.17) is 0 Å². The first-order valence-electron chi connectivity index (χ1n) is 11.8. The normalized spacial score (nSPS) is 31.5. The van der Waals surface area contributed by atoms with Crippen molar-refractivity contribution < 1.29 is 9.59 Å². The summed E-state index contributed by atoms with van der Waals surface area (Å²) in [5.41, 5.74) is -0.0999. The maximum absolute atomic E-state index is 12.8. The standard InChI is InChI=1S/C23H29N5O2S2/c1-13(32-22-27-26-19(18-3-2-6-31-18)28(22)17-4-5-17)20(29)24-21(30)25-23-10-14-7-15(11-23)9-16(8-14)12-23/h2-3,6,13-17H,4-5,7-12H2,1H3,(H2,24,25,29,30). The van der Waals surface area contributed by atoms with E-state index in [1.54, 1.807) is 11.3 Å². The molecule has 3 amide bonds. The van der Waals surface area contributed by atoms with E-state index >= 15 is 0 Å². The molecule has 5 aliphatic carbocycles. The highest BCUT2D eigenvalue weighted by Gasteiger charge is 2.51. The molecule has 5 saturated carbocycles. The molecule has 32 heavy (non-hydrogen) atoms. The largest absolute Gasteiger partial charge is 0.332 e. The lowest BCUT2D eigenvalue weighted by Crippen LogP contribution is -2.62. The van der Waals surface area contributed by atoms with Gasteiger partial charge in [0.2, 0.25) is 5.91 Å². The Hall–Kier alpha value is -1.87. The molecule has 4 bridgehead atoms. The highest BCUT2D eigenvalue weighted by atomic mass is 32.2. The van der Waals surface area contributed by atoms with Gasteiger partial charge in [-0.15, -0.1) is 21.5 Å². The first-order valence-corrected chi connectivity index (χ1v) is 13.5. The molecule has 9 heteroatoms. The van der Waals surface area contributed by atoms with Gasteiger partial charge in [-0.25, -0.2) is 4.79 Å². The van der Waals surface area contributed by atoms with Gasteiger partial charge in [0.1, 0.15) is 0 Å². The summed E-state index contributed by atoms with van der Waals surface area (Å²) in [5.74, 6) is 2.84. The Bertz CT molecular complexity index is 994. The third-order valence-electron chi connectivity index (χ3n) is 7.62. The zero-order chi connectivity index (χ0) is 21.9. The van der Waals surface area contributed by atoms with Crippen LogP contribution in [-0.4, -0.2) is 37.5 Å². The van der Waals surface area contributed by atoms with Crippen molar-refractivity contribution in [1.82, 2.24) is 25.4 Å². The Kier molecular flexibility index (Phi) is 5.09. The number of urea groups is 1. The lowest BCUT2D eigenvalue weighted by atomic mass is 9.53. The minimum atomic E-state index is -0.435. The van der Waals surface area contributed by atoms with E-state index in [-0.39, 0.29) is 17.5 Å². The number of carbonyl (C=O) groups is 2. The van der Waals surface area contributed by atoms with Gasteiger partial charge < -0.3 is 5.32 Å². The minimum Gasteiger partial charge on any atom is -0.332 e. The molecule has 7 nitrogen and oxygen atoms in total. The Morgan fingerprint density at radius 1 is 1.16 bits per heavy atom. The SMILES string of the molecule is CC(Sc1nnc(-c2cccs2)n1C1CC1)C(=O)NC(=O)NC12CC3CC(CC(C3)C1)C2. The van der Waals surface area contributed by atoms with Crippen molar-refractivity contribution in [2.45, 2.75) is 80.3 Å². The maximum Gasteiger partial charge on any atom is 0.321 e. The fourth-order valence-corrected chi connectivity index (χ4v) is 8.18.